The van der Waals surface area contributed by atoms with Crippen LogP contribution < -0.4 is 10.6 Å². The number of carbonyl (C=O) groups excluding carboxylic acids is 2. The maximum Gasteiger partial charge on any atom is 0.319 e. The summed E-state index contributed by atoms with van der Waals surface area (Å²) >= 11 is 0. The summed E-state index contributed by atoms with van der Waals surface area (Å²) in [5, 5.41) is 5.79. The fourth-order valence-corrected chi connectivity index (χ4v) is 3.16. The monoisotopic (exact) mass is 389 g/mol. The molecule has 3 amide bonds. The highest BCUT2D eigenvalue weighted by molar-refractivity contribution is 5.94. The Hall–Kier alpha value is -2.04. The molecule has 0 heterocycles. The Morgan fingerprint density at radius 1 is 0.964 bits per heavy atom. The quantitative estimate of drug-likeness (QED) is 0.473. The van der Waals surface area contributed by atoms with E-state index in [0.717, 1.165) is 62.9 Å². The molecular formula is C23H39N3O2. The van der Waals surface area contributed by atoms with Gasteiger partial charge >= 0.3 is 6.03 Å². The molecule has 0 bridgehead atoms. The van der Waals surface area contributed by atoms with E-state index in [1.807, 2.05) is 49.9 Å². The summed E-state index contributed by atoms with van der Waals surface area (Å²) < 4.78 is 0. The number of urea groups is 1. The van der Waals surface area contributed by atoms with E-state index in [9.17, 15) is 9.59 Å². The molecule has 0 fully saturated rings. The fraction of sp³-hybridized carbons (Fsp3) is 0.652. The summed E-state index contributed by atoms with van der Waals surface area (Å²) in [5.41, 5.74) is 1.75. The molecule has 0 saturated carbocycles. The minimum atomic E-state index is -0.521. The predicted octanol–water partition coefficient (Wildman–Crippen LogP) is 5.35. The molecule has 158 valence electrons. The van der Waals surface area contributed by atoms with Gasteiger partial charge in [0.05, 0.1) is 0 Å². The number of aryl methyl sites for hydroxylation is 1. The second-order valence-corrected chi connectivity index (χ2v) is 7.87. The maximum atomic E-state index is 13.2. The van der Waals surface area contributed by atoms with Gasteiger partial charge in [-0.05, 0) is 37.3 Å². The predicted molar refractivity (Wildman–Crippen MR) is 118 cm³/mol. The SMILES string of the molecule is CCCCCN(CCCCC)C(=O)[C@H](NC(=O)Nc1ccccc1C)C(C)C. The number of hydrogen-bond donors (Lipinski definition) is 2. The van der Waals surface area contributed by atoms with Crippen molar-refractivity contribution in [2.45, 2.75) is 79.2 Å². The van der Waals surface area contributed by atoms with Gasteiger partial charge in [-0.3, -0.25) is 4.79 Å². The zero-order valence-corrected chi connectivity index (χ0v) is 18.4. The first-order valence-electron chi connectivity index (χ1n) is 10.8. The van der Waals surface area contributed by atoms with Crippen molar-refractivity contribution in [2.24, 2.45) is 5.92 Å². The van der Waals surface area contributed by atoms with Crippen LogP contribution in [0.25, 0.3) is 0 Å². The number of nitrogens with zero attached hydrogens (tertiary/aromatic N) is 1. The highest BCUT2D eigenvalue weighted by atomic mass is 16.2. The van der Waals surface area contributed by atoms with Gasteiger partial charge in [0.1, 0.15) is 6.04 Å². The largest absolute Gasteiger partial charge is 0.341 e. The van der Waals surface area contributed by atoms with E-state index in [-0.39, 0.29) is 17.9 Å². The van der Waals surface area contributed by atoms with E-state index in [0.29, 0.717) is 0 Å². The number of carbonyl (C=O) groups is 2. The summed E-state index contributed by atoms with van der Waals surface area (Å²) in [7, 11) is 0. The molecule has 1 rings (SSSR count). The number of para-hydroxylation sites is 1. The van der Waals surface area contributed by atoms with Crippen molar-refractivity contribution in [3.8, 4) is 0 Å². The molecule has 1 aromatic carbocycles. The molecule has 0 aliphatic heterocycles. The first kappa shape index (κ1) is 24.0. The Balaban J connectivity index is 2.79. The van der Waals surface area contributed by atoms with Gasteiger partial charge in [-0.1, -0.05) is 71.6 Å². The van der Waals surface area contributed by atoms with Crippen molar-refractivity contribution in [3.05, 3.63) is 29.8 Å². The minimum Gasteiger partial charge on any atom is -0.341 e. The van der Waals surface area contributed by atoms with Crippen LogP contribution >= 0.6 is 0 Å². The van der Waals surface area contributed by atoms with Crippen molar-refractivity contribution in [1.29, 1.82) is 0 Å². The lowest BCUT2D eigenvalue weighted by molar-refractivity contribution is -0.134. The summed E-state index contributed by atoms with van der Waals surface area (Å²) in [6, 6.07) is 6.78. The number of benzene rings is 1. The van der Waals surface area contributed by atoms with E-state index < -0.39 is 6.04 Å². The van der Waals surface area contributed by atoms with Crippen LogP contribution in [0.1, 0.15) is 71.8 Å². The molecule has 0 spiro atoms. The molecule has 0 radical (unpaired) electrons. The van der Waals surface area contributed by atoms with Crippen LogP contribution in [0.4, 0.5) is 10.5 Å². The molecular weight excluding hydrogens is 350 g/mol. The number of hydrogen-bond acceptors (Lipinski definition) is 2. The first-order chi connectivity index (χ1) is 13.4. The molecule has 1 aromatic rings. The summed E-state index contributed by atoms with van der Waals surface area (Å²) in [6.07, 6.45) is 6.50. The zero-order valence-electron chi connectivity index (χ0n) is 18.4. The van der Waals surface area contributed by atoms with Crippen molar-refractivity contribution in [1.82, 2.24) is 10.2 Å². The average molecular weight is 390 g/mol. The standard InChI is InChI=1S/C23H39N3O2/c1-6-8-12-16-26(17-13-9-7-2)22(27)21(18(3)4)25-23(28)24-20-15-11-10-14-19(20)5/h10-11,14-15,18,21H,6-9,12-13,16-17H2,1-5H3,(H2,24,25,28)/t21-/m1/s1. The third kappa shape index (κ3) is 8.32. The Bertz CT molecular complexity index is 591. The van der Waals surface area contributed by atoms with E-state index in [4.69, 9.17) is 0 Å². The minimum absolute atomic E-state index is 0.0231. The van der Waals surface area contributed by atoms with Crippen LogP contribution in [0.15, 0.2) is 24.3 Å². The Labute approximate surface area is 171 Å². The molecule has 5 nitrogen and oxygen atoms in total. The van der Waals surface area contributed by atoms with Crippen molar-refractivity contribution < 1.29 is 9.59 Å². The highest BCUT2D eigenvalue weighted by Gasteiger charge is 2.28. The van der Waals surface area contributed by atoms with Gasteiger partial charge in [-0.25, -0.2) is 4.79 Å². The van der Waals surface area contributed by atoms with E-state index >= 15 is 0 Å². The molecule has 2 N–H and O–H groups in total. The van der Waals surface area contributed by atoms with Crippen molar-refractivity contribution in [2.75, 3.05) is 18.4 Å². The van der Waals surface area contributed by atoms with Gasteiger partial charge in [0.25, 0.3) is 0 Å². The summed E-state index contributed by atoms with van der Waals surface area (Å²) in [5.74, 6) is 0.0529. The average Bonchev–Trinajstić information content (AvgIpc) is 2.66. The normalized spacial score (nSPS) is 11.9. The molecule has 0 aliphatic carbocycles. The topological polar surface area (TPSA) is 61.4 Å². The lowest BCUT2D eigenvalue weighted by Gasteiger charge is -2.30. The lowest BCUT2D eigenvalue weighted by atomic mass is 10.0. The number of nitrogens with one attached hydrogen (secondary N) is 2. The van der Waals surface area contributed by atoms with Crippen molar-refractivity contribution in [3.63, 3.8) is 0 Å². The van der Waals surface area contributed by atoms with Crippen molar-refractivity contribution >= 4 is 17.6 Å². The van der Waals surface area contributed by atoms with Crippen LogP contribution in [0.5, 0.6) is 0 Å². The van der Waals surface area contributed by atoms with Crippen LogP contribution in [-0.2, 0) is 4.79 Å². The van der Waals surface area contributed by atoms with Crippen LogP contribution in [-0.4, -0.2) is 36.0 Å². The number of rotatable bonds is 12. The van der Waals surface area contributed by atoms with Gasteiger partial charge in [-0.15, -0.1) is 0 Å². The molecule has 28 heavy (non-hydrogen) atoms. The maximum absolute atomic E-state index is 13.2. The van der Waals surface area contributed by atoms with Gasteiger partial charge in [0.15, 0.2) is 0 Å². The third-order valence-corrected chi connectivity index (χ3v) is 4.99. The van der Waals surface area contributed by atoms with Crippen LogP contribution in [0, 0.1) is 12.8 Å². The summed E-state index contributed by atoms with van der Waals surface area (Å²) in [6.45, 7) is 11.8. The summed E-state index contributed by atoms with van der Waals surface area (Å²) in [4.78, 5) is 27.7. The number of anilines is 1. The van der Waals surface area contributed by atoms with E-state index in [2.05, 4.69) is 24.5 Å². The lowest BCUT2D eigenvalue weighted by Crippen LogP contribution is -2.52. The fourth-order valence-electron chi connectivity index (χ4n) is 3.16. The second kappa shape index (κ2) is 13.2. The van der Waals surface area contributed by atoms with Crippen LogP contribution in [0.2, 0.25) is 0 Å². The van der Waals surface area contributed by atoms with Gasteiger partial charge in [0, 0.05) is 18.8 Å². The Kier molecular flexibility index (Phi) is 11.3. The molecule has 0 unspecified atom stereocenters. The number of unbranched alkanes of at least 4 members (excludes halogenated alkanes) is 4. The molecule has 0 saturated heterocycles. The van der Waals surface area contributed by atoms with Crippen LogP contribution in [0.3, 0.4) is 0 Å². The molecule has 5 heteroatoms. The molecule has 0 aromatic heterocycles. The Morgan fingerprint density at radius 3 is 2.04 bits per heavy atom. The smallest absolute Gasteiger partial charge is 0.319 e. The molecule has 0 aliphatic rings. The zero-order chi connectivity index (χ0) is 20.9. The number of amides is 3. The van der Waals surface area contributed by atoms with Gasteiger partial charge < -0.3 is 15.5 Å². The highest BCUT2D eigenvalue weighted by Crippen LogP contribution is 2.14. The third-order valence-electron chi connectivity index (χ3n) is 4.99. The Morgan fingerprint density at radius 2 is 1.54 bits per heavy atom. The van der Waals surface area contributed by atoms with Gasteiger partial charge in [-0.2, -0.15) is 0 Å². The first-order valence-corrected chi connectivity index (χ1v) is 10.8. The second-order valence-electron chi connectivity index (χ2n) is 7.87. The van der Waals surface area contributed by atoms with Gasteiger partial charge in [0.2, 0.25) is 5.91 Å². The van der Waals surface area contributed by atoms with E-state index in [1.165, 1.54) is 0 Å². The van der Waals surface area contributed by atoms with E-state index in [1.54, 1.807) is 0 Å². The molecule has 1 atom stereocenters.